The van der Waals surface area contributed by atoms with Crippen LogP contribution in [0, 0.1) is 36.7 Å². The Morgan fingerprint density at radius 1 is 0.731 bits per heavy atom. The molecule has 4 nitrogen and oxygen atoms in total. The molecular formula is C45H46FIrN3OSi-2. The molecule has 0 saturated heterocycles. The summed E-state index contributed by atoms with van der Waals surface area (Å²) in [6, 6.07) is 33.5. The SMILES string of the molecule is CC(C)Cc1cc(-c2[c-]ccc(F)c2)ncc1[Si](C)(C)C.Cc1cnc(-c2[c-]ccc3c2oc2nc(-c4ccccc4)ccc23)cc1CC(C)C.[Ir]. The van der Waals surface area contributed by atoms with Gasteiger partial charge in [-0.3, -0.25) is 0 Å². The van der Waals surface area contributed by atoms with Gasteiger partial charge in [-0.2, -0.15) is 0 Å². The van der Waals surface area contributed by atoms with Crippen molar-refractivity contribution >= 4 is 35.3 Å². The van der Waals surface area contributed by atoms with Gasteiger partial charge in [-0.15, -0.1) is 48.0 Å². The molecule has 269 valence electrons. The van der Waals surface area contributed by atoms with Crippen LogP contribution >= 0.6 is 0 Å². The van der Waals surface area contributed by atoms with Crippen LogP contribution in [0.5, 0.6) is 0 Å². The molecule has 0 aliphatic rings. The zero-order valence-corrected chi connectivity index (χ0v) is 34.7. The number of benzene rings is 3. The van der Waals surface area contributed by atoms with Gasteiger partial charge in [-0.1, -0.05) is 112 Å². The summed E-state index contributed by atoms with van der Waals surface area (Å²) in [7, 11) is -1.43. The summed E-state index contributed by atoms with van der Waals surface area (Å²) in [5.74, 6) is 0.933. The summed E-state index contributed by atoms with van der Waals surface area (Å²) in [5.41, 5.74) is 10.6. The number of nitrogens with zero attached hydrogens (tertiary/aromatic N) is 3. The second kappa shape index (κ2) is 16.6. The van der Waals surface area contributed by atoms with Crippen LogP contribution in [0.1, 0.15) is 44.4 Å². The minimum atomic E-state index is -1.43. The maximum atomic E-state index is 13.4. The predicted molar refractivity (Wildman–Crippen MR) is 212 cm³/mol. The maximum Gasteiger partial charge on any atom is 0.216 e. The summed E-state index contributed by atoms with van der Waals surface area (Å²) in [5, 5.41) is 3.45. The number of rotatable bonds is 8. The van der Waals surface area contributed by atoms with Crippen LogP contribution in [0.2, 0.25) is 19.6 Å². The molecule has 0 saturated carbocycles. The third-order valence-electron chi connectivity index (χ3n) is 8.93. The number of furan rings is 1. The van der Waals surface area contributed by atoms with Gasteiger partial charge in [0.25, 0.3) is 0 Å². The predicted octanol–water partition coefficient (Wildman–Crippen LogP) is 11.4. The molecule has 0 unspecified atom stereocenters. The van der Waals surface area contributed by atoms with E-state index in [1.54, 1.807) is 6.07 Å². The fourth-order valence-corrected chi connectivity index (χ4v) is 8.05. The van der Waals surface area contributed by atoms with Crippen LogP contribution in [0.25, 0.3) is 55.8 Å². The normalized spacial score (nSPS) is 11.5. The first-order chi connectivity index (χ1) is 24.4. The number of hydrogen-bond acceptors (Lipinski definition) is 4. The minimum Gasteiger partial charge on any atom is -0.486 e. The van der Waals surface area contributed by atoms with Gasteiger partial charge in [-0.05, 0) is 65.9 Å². The first-order valence-electron chi connectivity index (χ1n) is 17.8. The molecule has 0 aliphatic carbocycles. The maximum absolute atomic E-state index is 13.4. The van der Waals surface area contributed by atoms with E-state index in [4.69, 9.17) is 14.4 Å². The van der Waals surface area contributed by atoms with E-state index in [0.717, 1.165) is 63.0 Å². The van der Waals surface area contributed by atoms with Gasteiger partial charge in [0.15, 0.2) is 0 Å². The molecule has 0 spiro atoms. The molecule has 7 aromatic rings. The van der Waals surface area contributed by atoms with Crippen LogP contribution in [-0.2, 0) is 32.9 Å². The third kappa shape index (κ3) is 9.01. The first kappa shape index (κ1) is 38.9. The van der Waals surface area contributed by atoms with Crippen LogP contribution in [0.4, 0.5) is 4.39 Å². The number of pyridine rings is 3. The molecule has 1 radical (unpaired) electrons. The van der Waals surface area contributed by atoms with E-state index in [1.807, 2.05) is 48.8 Å². The van der Waals surface area contributed by atoms with Crippen LogP contribution in [-0.4, -0.2) is 23.0 Å². The standard InChI is InChI=1S/C27H23N2O.C18H23FNSi.Ir/c1-17(2)14-20-15-25(28-16-18(20)3)23-11-7-10-21-22-12-13-24(19-8-5-4-6-9-19)29-27(22)30-26(21)23;1-13(2)9-15-11-17(14-7-6-8-16(19)10-14)20-12-18(15)21(3,4)5;/h4-10,12-13,15-17H,14H2,1-3H3;6,8,10-13H,9H2,1-5H3;/q2*-1;. The number of aryl methyl sites for hydroxylation is 1. The second-order valence-electron chi connectivity index (χ2n) is 15.2. The van der Waals surface area contributed by atoms with Gasteiger partial charge in [0.05, 0.1) is 19.4 Å². The zero-order chi connectivity index (χ0) is 36.3. The average Bonchev–Trinajstić information content (AvgIpc) is 3.47. The minimum absolute atomic E-state index is 0. The Kier molecular flexibility index (Phi) is 12.4. The van der Waals surface area contributed by atoms with Crippen LogP contribution in [0.15, 0.2) is 102 Å². The zero-order valence-electron chi connectivity index (χ0n) is 31.3. The molecule has 52 heavy (non-hydrogen) atoms. The Morgan fingerprint density at radius 2 is 1.40 bits per heavy atom. The molecule has 4 aromatic heterocycles. The molecule has 7 rings (SSSR count). The molecule has 0 aliphatic heterocycles. The summed E-state index contributed by atoms with van der Waals surface area (Å²) < 4.78 is 19.7. The van der Waals surface area contributed by atoms with Crippen molar-refractivity contribution in [3.05, 3.63) is 132 Å². The molecule has 0 atom stereocenters. The Bertz CT molecular complexity index is 2290. The fraction of sp³-hybridized carbons (Fsp3) is 0.267. The fourth-order valence-electron chi connectivity index (χ4n) is 6.46. The summed E-state index contributed by atoms with van der Waals surface area (Å²) in [4.78, 5) is 14.0. The van der Waals surface area contributed by atoms with Crippen molar-refractivity contribution < 1.29 is 28.9 Å². The van der Waals surface area contributed by atoms with E-state index >= 15 is 0 Å². The van der Waals surface area contributed by atoms with E-state index in [9.17, 15) is 4.39 Å². The van der Waals surface area contributed by atoms with Crippen molar-refractivity contribution in [2.45, 2.75) is 67.1 Å². The number of halogens is 1. The largest absolute Gasteiger partial charge is 0.486 e. The molecule has 0 bridgehead atoms. The van der Waals surface area contributed by atoms with Crippen molar-refractivity contribution in [3.63, 3.8) is 0 Å². The molecule has 0 fully saturated rings. The Balaban J connectivity index is 0.000000210. The average molecular weight is 884 g/mol. The smallest absolute Gasteiger partial charge is 0.216 e. The van der Waals surface area contributed by atoms with Crippen molar-refractivity contribution in [2.24, 2.45) is 11.8 Å². The van der Waals surface area contributed by atoms with E-state index < -0.39 is 8.07 Å². The monoisotopic (exact) mass is 884 g/mol. The van der Waals surface area contributed by atoms with Gasteiger partial charge in [0, 0.05) is 49.3 Å². The van der Waals surface area contributed by atoms with Gasteiger partial charge in [-0.25, -0.2) is 9.37 Å². The number of fused-ring (bicyclic) bond motifs is 3. The molecule has 7 heteroatoms. The molecule has 0 amide bonds. The number of hydrogen-bond donors (Lipinski definition) is 0. The van der Waals surface area contributed by atoms with Crippen LogP contribution in [0.3, 0.4) is 0 Å². The van der Waals surface area contributed by atoms with Crippen molar-refractivity contribution in [2.75, 3.05) is 0 Å². The van der Waals surface area contributed by atoms with Crippen LogP contribution < -0.4 is 5.19 Å². The topological polar surface area (TPSA) is 51.8 Å². The van der Waals surface area contributed by atoms with Gasteiger partial charge in [0.1, 0.15) is 0 Å². The summed E-state index contributed by atoms with van der Waals surface area (Å²) in [6.45, 7) is 18.1. The van der Waals surface area contributed by atoms with Gasteiger partial charge < -0.3 is 14.4 Å². The van der Waals surface area contributed by atoms with Crippen molar-refractivity contribution in [3.8, 4) is 33.8 Å². The first-order valence-corrected chi connectivity index (χ1v) is 21.3. The third-order valence-corrected chi connectivity index (χ3v) is 11.0. The van der Waals surface area contributed by atoms with E-state index in [2.05, 4.69) is 102 Å². The number of aromatic nitrogens is 3. The second-order valence-corrected chi connectivity index (χ2v) is 20.2. The molecule has 0 N–H and O–H groups in total. The van der Waals surface area contributed by atoms with Crippen molar-refractivity contribution in [1.29, 1.82) is 0 Å². The quantitative estimate of drug-likeness (QED) is 0.113. The Hall–Kier alpha value is -4.29. The van der Waals surface area contributed by atoms with Gasteiger partial charge in [0.2, 0.25) is 5.71 Å². The van der Waals surface area contributed by atoms with Crippen molar-refractivity contribution in [1.82, 2.24) is 15.0 Å². The molecular weight excluding hydrogens is 838 g/mol. The van der Waals surface area contributed by atoms with E-state index in [1.165, 1.54) is 34.0 Å². The van der Waals surface area contributed by atoms with E-state index in [0.29, 0.717) is 17.5 Å². The van der Waals surface area contributed by atoms with Gasteiger partial charge >= 0.3 is 0 Å². The molecule has 3 aromatic carbocycles. The summed E-state index contributed by atoms with van der Waals surface area (Å²) >= 11 is 0. The van der Waals surface area contributed by atoms with E-state index in [-0.39, 0.29) is 25.9 Å². The Morgan fingerprint density at radius 3 is 2.10 bits per heavy atom. The summed E-state index contributed by atoms with van der Waals surface area (Å²) in [6.07, 6.45) is 6.01. The Labute approximate surface area is 322 Å². The molecule has 4 heterocycles.